The van der Waals surface area contributed by atoms with E-state index in [2.05, 4.69) is 15.5 Å². The molecular weight excluding hydrogens is 222 g/mol. The first-order valence-electron chi connectivity index (χ1n) is 5.42. The van der Waals surface area contributed by atoms with Crippen molar-refractivity contribution in [2.75, 3.05) is 0 Å². The van der Waals surface area contributed by atoms with Crippen LogP contribution in [-0.2, 0) is 6.54 Å². The van der Waals surface area contributed by atoms with Crippen LogP contribution in [0.1, 0.15) is 23.6 Å². The molecule has 1 saturated carbocycles. The van der Waals surface area contributed by atoms with Gasteiger partial charge in [0.2, 0.25) is 0 Å². The molecule has 5 heteroatoms. The van der Waals surface area contributed by atoms with Gasteiger partial charge in [-0.15, -0.1) is 11.3 Å². The van der Waals surface area contributed by atoms with E-state index >= 15 is 0 Å². The fraction of sp³-hybridized carbons (Fsp3) is 0.455. The lowest BCUT2D eigenvalue weighted by molar-refractivity contribution is 0.398. The fourth-order valence-corrected chi connectivity index (χ4v) is 2.50. The Balaban J connectivity index is 1.74. The zero-order chi connectivity index (χ0) is 11.0. The van der Waals surface area contributed by atoms with Gasteiger partial charge in [0.25, 0.3) is 0 Å². The SMILES string of the molecule is Cc1oncc1-c1cnc(CNC2CC2)s1. The van der Waals surface area contributed by atoms with Gasteiger partial charge in [0.1, 0.15) is 10.8 Å². The summed E-state index contributed by atoms with van der Waals surface area (Å²) in [6.07, 6.45) is 6.26. The zero-order valence-corrected chi connectivity index (χ0v) is 9.88. The Labute approximate surface area is 97.7 Å². The van der Waals surface area contributed by atoms with Crippen molar-refractivity contribution >= 4 is 11.3 Å². The molecule has 0 amide bonds. The molecule has 0 bridgehead atoms. The molecule has 0 atom stereocenters. The van der Waals surface area contributed by atoms with Crippen molar-refractivity contribution in [2.24, 2.45) is 0 Å². The highest BCUT2D eigenvalue weighted by atomic mass is 32.1. The van der Waals surface area contributed by atoms with Gasteiger partial charge in [-0.25, -0.2) is 4.98 Å². The van der Waals surface area contributed by atoms with E-state index in [-0.39, 0.29) is 0 Å². The van der Waals surface area contributed by atoms with Gasteiger partial charge in [-0.3, -0.25) is 0 Å². The Hall–Kier alpha value is -1.20. The predicted molar refractivity (Wildman–Crippen MR) is 62.2 cm³/mol. The molecule has 2 heterocycles. The number of hydrogen-bond donors (Lipinski definition) is 1. The maximum Gasteiger partial charge on any atom is 0.142 e. The van der Waals surface area contributed by atoms with Gasteiger partial charge in [0, 0.05) is 18.8 Å². The first-order chi connectivity index (χ1) is 7.83. The number of rotatable bonds is 4. The van der Waals surface area contributed by atoms with E-state index in [1.54, 1.807) is 17.5 Å². The number of thiazole rings is 1. The molecule has 1 N–H and O–H groups in total. The molecule has 16 heavy (non-hydrogen) atoms. The van der Waals surface area contributed by atoms with E-state index in [1.807, 2.05) is 13.1 Å². The molecule has 0 unspecified atom stereocenters. The highest BCUT2D eigenvalue weighted by molar-refractivity contribution is 7.15. The second-order valence-corrected chi connectivity index (χ2v) is 5.18. The molecule has 2 aromatic rings. The van der Waals surface area contributed by atoms with Crippen LogP contribution in [0.15, 0.2) is 16.9 Å². The van der Waals surface area contributed by atoms with Crippen molar-refractivity contribution in [3.8, 4) is 10.4 Å². The number of nitrogens with one attached hydrogen (secondary N) is 1. The molecule has 0 aromatic carbocycles. The molecule has 0 saturated heterocycles. The third-order valence-corrected chi connectivity index (χ3v) is 3.72. The Morgan fingerprint density at radius 3 is 3.06 bits per heavy atom. The summed E-state index contributed by atoms with van der Waals surface area (Å²) < 4.78 is 5.05. The molecule has 4 nitrogen and oxygen atoms in total. The quantitative estimate of drug-likeness (QED) is 0.883. The lowest BCUT2D eigenvalue weighted by atomic mass is 10.2. The minimum absolute atomic E-state index is 0.727. The van der Waals surface area contributed by atoms with Crippen LogP contribution < -0.4 is 5.32 Å². The maximum atomic E-state index is 5.05. The number of aryl methyl sites for hydroxylation is 1. The highest BCUT2D eigenvalue weighted by Crippen LogP contribution is 2.29. The Morgan fingerprint density at radius 2 is 2.38 bits per heavy atom. The summed E-state index contributed by atoms with van der Waals surface area (Å²) in [5.41, 5.74) is 1.05. The van der Waals surface area contributed by atoms with Crippen LogP contribution in [-0.4, -0.2) is 16.2 Å². The van der Waals surface area contributed by atoms with Gasteiger partial charge in [0.15, 0.2) is 0 Å². The summed E-state index contributed by atoms with van der Waals surface area (Å²) in [7, 11) is 0. The minimum atomic E-state index is 0.727. The van der Waals surface area contributed by atoms with Crippen molar-refractivity contribution in [1.82, 2.24) is 15.5 Å². The topological polar surface area (TPSA) is 51.0 Å². The van der Waals surface area contributed by atoms with Gasteiger partial charge in [-0.05, 0) is 19.8 Å². The van der Waals surface area contributed by atoms with Gasteiger partial charge >= 0.3 is 0 Å². The number of hydrogen-bond acceptors (Lipinski definition) is 5. The molecule has 1 aliphatic rings. The van der Waals surface area contributed by atoms with Crippen molar-refractivity contribution in [3.63, 3.8) is 0 Å². The van der Waals surface area contributed by atoms with E-state index in [1.165, 1.54) is 12.8 Å². The Kier molecular flexibility index (Phi) is 2.49. The summed E-state index contributed by atoms with van der Waals surface area (Å²) in [5.74, 6) is 0.852. The molecule has 84 valence electrons. The summed E-state index contributed by atoms with van der Waals surface area (Å²) in [6, 6.07) is 0.727. The van der Waals surface area contributed by atoms with Crippen molar-refractivity contribution in [2.45, 2.75) is 32.4 Å². The molecule has 0 spiro atoms. The van der Waals surface area contributed by atoms with Crippen LogP contribution in [0.2, 0.25) is 0 Å². The predicted octanol–water partition coefficient (Wildman–Crippen LogP) is 2.36. The second kappa shape index (κ2) is 3.99. The van der Waals surface area contributed by atoms with Gasteiger partial charge < -0.3 is 9.84 Å². The molecule has 3 rings (SSSR count). The van der Waals surface area contributed by atoms with Crippen molar-refractivity contribution in [3.05, 3.63) is 23.2 Å². The Bertz CT molecular complexity index is 487. The van der Waals surface area contributed by atoms with E-state index in [0.717, 1.165) is 33.8 Å². The third kappa shape index (κ3) is 2.01. The van der Waals surface area contributed by atoms with Crippen molar-refractivity contribution < 1.29 is 4.52 Å². The largest absolute Gasteiger partial charge is 0.361 e. The van der Waals surface area contributed by atoms with Gasteiger partial charge in [-0.1, -0.05) is 5.16 Å². The normalized spacial score (nSPS) is 15.6. The van der Waals surface area contributed by atoms with Gasteiger partial charge in [-0.2, -0.15) is 0 Å². The van der Waals surface area contributed by atoms with Crippen LogP contribution in [0.25, 0.3) is 10.4 Å². The molecule has 0 radical (unpaired) electrons. The Morgan fingerprint density at radius 1 is 1.50 bits per heavy atom. The van der Waals surface area contributed by atoms with Crippen LogP contribution in [0, 0.1) is 6.92 Å². The lowest BCUT2D eigenvalue weighted by Crippen LogP contribution is -2.14. The number of nitrogens with zero attached hydrogens (tertiary/aromatic N) is 2. The zero-order valence-electron chi connectivity index (χ0n) is 9.06. The molecule has 2 aromatic heterocycles. The molecule has 1 aliphatic carbocycles. The highest BCUT2D eigenvalue weighted by Gasteiger charge is 2.20. The van der Waals surface area contributed by atoms with Gasteiger partial charge in [0.05, 0.1) is 16.6 Å². The van der Waals surface area contributed by atoms with Crippen molar-refractivity contribution in [1.29, 1.82) is 0 Å². The van der Waals surface area contributed by atoms with Crippen LogP contribution >= 0.6 is 11.3 Å². The van der Waals surface area contributed by atoms with E-state index in [0.29, 0.717) is 0 Å². The average molecular weight is 235 g/mol. The first-order valence-corrected chi connectivity index (χ1v) is 6.24. The second-order valence-electron chi connectivity index (χ2n) is 4.07. The van der Waals surface area contributed by atoms with Crippen LogP contribution in [0.4, 0.5) is 0 Å². The summed E-state index contributed by atoms with van der Waals surface area (Å²) in [4.78, 5) is 5.53. The smallest absolute Gasteiger partial charge is 0.142 e. The summed E-state index contributed by atoms with van der Waals surface area (Å²) in [5, 5.41) is 8.36. The first kappa shape index (κ1) is 9.99. The average Bonchev–Trinajstić information content (AvgIpc) is 2.82. The fourth-order valence-electron chi connectivity index (χ4n) is 1.57. The minimum Gasteiger partial charge on any atom is -0.361 e. The van der Waals surface area contributed by atoms with E-state index in [4.69, 9.17) is 4.52 Å². The molecular formula is C11H13N3OS. The standard InChI is InChI=1S/C11H13N3OS/c1-7-9(4-14-15-7)10-5-13-11(16-10)6-12-8-2-3-8/h4-5,8,12H,2-3,6H2,1H3. The monoisotopic (exact) mass is 235 g/mol. The third-order valence-electron chi connectivity index (χ3n) is 2.69. The van der Waals surface area contributed by atoms with E-state index < -0.39 is 0 Å². The van der Waals surface area contributed by atoms with E-state index in [9.17, 15) is 0 Å². The molecule has 0 aliphatic heterocycles. The maximum absolute atomic E-state index is 5.05. The number of aromatic nitrogens is 2. The molecule has 1 fully saturated rings. The lowest BCUT2D eigenvalue weighted by Gasteiger charge is -1.96. The summed E-state index contributed by atoms with van der Waals surface area (Å²) in [6.45, 7) is 2.80. The summed E-state index contributed by atoms with van der Waals surface area (Å²) >= 11 is 1.70. The van der Waals surface area contributed by atoms with Crippen LogP contribution in [0.5, 0.6) is 0 Å². The van der Waals surface area contributed by atoms with Crippen LogP contribution in [0.3, 0.4) is 0 Å².